The van der Waals surface area contributed by atoms with Crippen LogP contribution in [0.5, 0.6) is 0 Å². The highest BCUT2D eigenvalue weighted by atomic mass is 79.9. The molecule has 0 saturated heterocycles. The van der Waals surface area contributed by atoms with E-state index in [1.54, 1.807) is 12.3 Å². The molecule has 16 heavy (non-hydrogen) atoms. The first-order valence-corrected chi connectivity index (χ1v) is 6.12. The summed E-state index contributed by atoms with van der Waals surface area (Å²) in [6.45, 7) is 0. The standard InChI is InChI=1S/C9H8BrCl2N3O/c10-4-1-5(12)8-7(6(16)2-11)9(13)14-15(8)3-4/h1,3,6,16H,2H2,(H2,13,14). The van der Waals surface area contributed by atoms with Gasteiger partial charge in [-0.1, -0.05) is 11.6 Å². The molecule has 0 bridgehead atoms. The molecule has 0 aliphatic carbocycles. The predicted molar refractivity (Wildman–Crippen MR) is 68.0 cm³/mol. The first kappa shape index (κ1) is 12.0. The Morgan fingerprint density at radius 3 is 2.94 bits per heavy atom. The number of aliphatic hydroxyl groups excluding tert-OH is 1. The third kappa shape index (κ3) is 1.88. The molecule has 0 aromatic carbocycles. The van der Waals surface area contributed by atoms with E-state index in [0.717, 1.165) is 4.47 Å². The number of pyridine rings is 1. The summed E-state index contributed by atoms with van der Waals surface area (Å²) in [4.78, 5) is 0. The average molecular weight is 325 g/mol. The molecule has 2 aromatic rings. The van der Waals surface area contributed by atoms with Crippen molar-refractivity contribution in [3.63, 3.8) is 0 Å². The van der Waals surface area contributed by atoms with Crippen molar-refractivity contribution in [1.29, 1.82) is 0 Å². The van der Waals surface area contributed by atoms with Gasteiger partial charge in [0.2, 0.25) is 0 Å². The summed E-state index contributed by atoms with van der Waals surface area (Å²) >= 11 is 15.0. The van der Waals surface area contributed by atoms with Crippen molar-refractivity contribution in [2.24, 2.45) is 0 Å². The number of aromatic nitrogens is 2. The molecule has 4 nitrogen and oxygen atoms in total. The lowest BCUT2D eigenvalue weighted by atomic mass is 10.1. The molecule has 0 aliphatic heterocycles. The van der Waals surface area contributed by atoms with Crippen molar-refractivity contribution < 1.29 is 5.11 Å². The highest BCUT2D eigenvalue weighted by molar-refractivity contribution is 9.10. The Hall–Kier alpha value is -0.490. The van der Waals surface area contributed by atoms with Crippen LogP contribution < -0.4 is 5.73 Å². The first-order valence-electron chi connectivity index (χ1n) is 4.41. The molecule has 0 amide bonds. The Morgan fingerprint density at radius 2 is 2.31 bits per heavy atom. The van der Waals surface area contributed by atoms with Crippen LogP contribution in [-0.2, 0) is 0 Å². The zero-order valence-electron chi connectivity index (χ0n) is 7.99. The van der Waals surface area contributed by atoms with Crippen LogP contribution >= 0.6 is 39.1 Å². The maximum Gasteiger partial charge on any atom is 0.152 e. The van der Waals surface area contributed by atoms with E-state index in [1.165, 1.54) is 4.52 Å². The number of hydrogen-bond acceptors (Lipinski definition) is 3. The number of halogens is 3. The second-order valence-electron chi connectivity index (χ2n) is 3.27. The normalized spacial score (nSPS) is 13.2. The van der Waals surface area contributed by atoms with E-state index in [4.69, 9.17) is 28.9 Å². The molecule has 0 spiro atoms. The van der Waals surface area contributed by atoms with E-state index in [-0.39, 0.29) is 11.7 Å². The molecule has 0 radical (unpaired) electrons. The summed E-state index contributed by atoms with van der Waals surface area (Å²) in [7, 11) is 0. The van der Waals surface area contributed by atoms with Crippen molar-refractivity contribution >= 4 is 50.5 Å². The minimum absolute atomic E-state index is 0.0396. The molecule has 2 rings (SSSR count). The number of rotatable bonds is 2. The number of aliphatic hydroxyl groups is 1. The lowest BCUT2D eigenvalue weighted by molar-refractivity contribution is 0.205. The SMILES string of the molecule is Nc1nn2cc(Br)cc(Cl)c2c1C(O)CCl. The van der Waals surface area contributed by atoms with Gasteiger partial charge in [0.25, 0.3) is 0 Å². The largest absolute Gasteiger partial charge is 0.387 e. The van der Waals surface area contributed by atoms with Crippen LogP contribution in [0.25, 0.3) is 5.52 Å². The topological polar surface area (TPSA) is 63.5 Å². The van der Waals surface area contributed by atoms with Crippen LogP contribution in [0.3, 0.4) is 0 Å². The molecule has 0 aliphatic rings. The minimum Gasteiger partial charge on any atom is -0.387 e. The van der Waals surface area contributed by atoms with Gasteiger partial charge in [-0.05, 0) is 22.0 Å². The Kier molecular flexibility index (Phi) is 3.30. The molecule has 2 heterocycles. The Bertz CT molecular complexity index is 543. The highest BCUT2D eigenvalue weighted by Crippen LogP contribution is 2.32. The Labute approximate surface area is 110 Å². The van der Waals surface area contributed by atoms with E-state index in [0.29, 0.717) is 16.1 Å². The molecule has 7 heteroatoms. The third-order valence-corrected chi connectivity index (χ3v) is 3.21. The highest BCUT2D eigenvalue weighted by Gasteiger charge is 2.20. The minimum atomic E-state index is -0.877. The number of alkyl halides is 1. The Balaban J connectivity index is 2.78. The molecule has 0 fully saturated rings. The van der Waals surface area contributed by atoms with Gasteiger partial charge in [0.05, 0.1) is 28.1 Å². The lowest BCUT2D eigenvalue weighted by Gasteiger charge is -2.06. The number of hydrogen-bond donors (Lipinski definition) is 2. The molecule has 2 aromatic heterocycles. The van der Waals surface area contributed by atoms with Gasteiger partial charge in [-0.25, -0.2) is 4.52 Å². The number of nitrogens with zero attached hydrogens (tertiary/aromatic N) is 2. The van der Waals surface area contributed by atoms with Gasteiger partial charge in [-0.2, -0.15) is 5.10 Å². The first-order chi connectivity index (χ1) is 7.54. The van der Waals surface area contributed by atoms with E-state index in [9.17, 15) is 5.11 Å². The average Bonchev–Trinajstić information content (AvgIpc) is 2.53. The second-order valence-corrected chi connectivity index (χ2v) is 4.90. The number of nitrogen functional groups attached to an aromatic ring is 1. The molecule has 86 valence electrons. The molecular formula is C9H8BrCl2N3O. The van der Waals surface area contributed by atoms with Crippen molar-refractivity contribution in [1.82, 2.24) is 9.61 Å². The Morgan fingerprint density at radius 1 is 1.62 bits per heavy atom. The summed E-state index contributed by atoms with van der Waals surface area (Å²) < 4.78 is 2.30. The number of nitrogens with two attached hydrogens (primary N) is 1. The van der Waals surface area contributed by atoms with Gasteiger partial charge in [0.15, 0.2) is 5.82 Å². The van der Waals surface area contributed by atoms with Crippen LogP contribution in [0, 0.1) is 0 Å². The second kappa shape index (κ2) is 4.41. The predicted octanol–water partition coefficient (Wildman–Crippen LogP) is 2.60. The van der Waals surface area contributed by atoms with Crippen LogP contribution in [0.2, 0.25) is 5.02 Å². The summed E-state index contributed by atoms with van der Waals surface area (Å²) in [5, 5.41) is 14.3. The van der Waals surface area contributed by atoms with E-state index in [2.05, 4.69) is 21.0 Å². The summed E-state index contributed by atoms with van der Waals surface area (Å²) in [5.41, 5.74) is 6.77. The molecule has 1 atom stereocenters. The van der Waals surface area contributed by atoms with E-state index < -0.39 is 6.10 Å². The smallest absolute Gasteiger partial charge is 0.152 e. The molecular weight excluding hydrogens is 317 g/mol. The summed E-state index contributed by atoms with van der Waals surface area (Å²) in [6, 6.07) is 1.71. The number of fused-ring (bicyclic) bond motifs is 1. The zero-order chi connectivity index (χ0) is 11.9. The fourth-order valence-corrected chi connectivity index (χ4v) is 2.56. The van der Waals surface area contributed by atoms with Gasteiger partial charge in [-0.15, -0.1) is 11.6 Å². The van der Waals surface area contributed by atoms with Crippen LogP contribution in [0.4, 0.5) is 5.82 Å². The van der Waals surface area contributed by atoms with Crippen molar-refractivity contribution in [2.75, 3.05) is 11.6 Å². The monoisotopic (exact) mass is 323 g/mol. The van der Waals surface area contributed by atoms with Gasteiger partial charge >= 0.3 is 0 Å². The summed E-state index contributed by atoms with van der Waals surface area (Å²) in [5.74, 6) is 0.269. The van der Waals surface area contributed by atoms with Crippen molar-refractivity contribution in [3.8, 4) is 0 Å². The third-order valence-electron chi connectivity index (χ3n) is 2.19. The number of anilines is 1. The zero-order valence-corrected chi connectivity index (χ0v) is 11.1. The van der Waals surface area contributed by atoms with Crippen LogP contribution in [-0.4, -0.2) is 20.6 Å². The maximum atomic E-state index is 9.76. The van der Waals surface area contributed by atoms with Crippen LogP contribution in [0.1, 0.15) is 11.7 Å². The lowest BCUT2D eigenvalue weighted by Crippen LogP contribution is -2.01. The molecule has 0 saturated carbocycles. The van der Waals surface area contributed by atoms with E-state index >= 15 is 0 Å². The van der Waals surface area contributed by atoms with Crippen molar-refractivity contribution in [2.45, 2.75) is 6.10 Å². The van der Waals surface area contributed by atoms with Gasteiger partial charge < -0.3 is 10.8 Å². The fourth-order valence-electron chi connectivity index (χ4n) is 1.55. The van der Waals surface area contributed by atoms with Gasteiger partial charge in [0.1, 0.15) is 0 Å². The van der Waals surface area contributed by atoms with Crippen LogP contribution in [0.15, 0.2) is 16.7 Å². The molecule has 1 unspecified atom stereocenters. The van der Waals surface area contributed by atoms with Crippen molar-refractivity contribution in [3.05, 3.63) is 27.3 Å². The van der Waals surface area contributed by atoms with E-state index in [1.807, 2.05) is 0 Å². The molecule has 3 N–H and O–H groups in total. The summed E-state index contributed by atoms with van der Waals surface area (Å²) in [6.07, 6.45) is 0.833. The maximum absolute atomic E-state index is 9.76. The van der Waals surface area contributed by atoms with Gasteiger partial charge in [-0.3, -0.25) is 0 Å². The van der Waals surface area contributed by atoms with Gasteiger partial charge in [0, 0.05) is 10.7 Å². The quantitative estimate of drug-likeness (QED) is 0.835. The fraction of sp³-hybridized carbons (Fsp3) is 0.222.